The van der Waals surface area contributed by atoms with Crippen molar-refractivity contribution in [3.63, 3.8) is 0 Å². The lowest BCUT2D eigenvalue weighted by molar-refractivity contribution is -0.384. The molecule has 246 valence electrons. The van der Waals surface area contributed by atoms with Crippen molar-refractivity contribution < 1.29 is 9.34 Å². The van der Waals surface area contributed by atoms with Crippen LogP contribution in [-0.2, 0) is 0 Å². The highest BCUT2D eigenvalue weighted by molar-refractivity contribution is 5.99. The average molecular weight is 666 g/mol. The smallest absolute Gasteiger partial charge is 0.269 e. The lowest BCUT2D eigenvalue weighted by atomic mass is 10.0. The number of nitro groups is 1. The molecular formula is C43H31N5O3. The molecule has 0 amide bonds. The van der Waals surface area contributed by atoms with Crippen LogP contribution in [0.1, 0.15) is 22.5 Å². The van der Waals surface area contributed by atoms with E-state index in [0.717, 1.165) is 89.0 Å². The SMILES string of the molecule is Cc1ccc(-c2c3ccc([nH]3)c3nc(c(-c4ccc([N+](=O)[O-])cc4)c4ccc([nH]4)c4ccc([nH]4)c(-c4ccc(C)cc4)c4ccc2o4)C=C3)cc1. The summed E-state index contributed by atoms with van der Waals surface area (Å²) in [5, 5.41) is 11.5. The van der Waals surface area contributed by atoms with Crippen LogP contribution < -0.4 is 0 Å². The predicted octanol–water partition coefficient (Wildman–Crippen LogP) is 11.5. The number of benzene rings is 3. The molecular weight excluding hydrogens is 635 g/mol. The molecule has 8 aromatic rings. The standard InChI is InChI=1S/C43H31N5O3/c1-25-3-7-28(8-4-25)42-37-21-17-33(46-37)31-15-19-35(44-31)41(27-11-13-30(14-12-27)48(49)50)36-20-16-32(45-36)34-18-22-38(47-34)43(40-24-23-39(42)51-40)29-9-5-26(2)6-10-29/h3-24,44,46-47H,1-2H3. The van der Waals surface area contributed by atoms with Gasteiger partial charge in [0.25, 0.3) is 5.69 Å². The number of furan rings is 1. The topological polar surface area (TPSA) is 117 Å². The van der Waals surface area contributed by atoms with Crippen molar-refractivity contribution in [1.29, 1.82) is 0 Å². The van der Waals surface area contributed by atoms with Crippen LogP contribution in [0.3, 0.4) is 0 Å². The molecule has 0 aliphatic carbocycles. The van der Waals surface area contributed by atoms with Crippen LogP contribution in [0, 0.1) is 24.0 Å². The molecule has 0 unspecified atom stereocenters. The van der Waals surface area contributed by atoms with Gasteiger partial charge in [-0.05, 0) is 103 Å². The number of nitro benzene ring substituents is 1. The van der Waals surface area contributed by atoms with Crippen LogP contribution >= 0.6 is 0 Å². The number of non-ortho nitro benzene ring substituents is 1. The van der Waals surface area contributed by atoms with Gasteiger partial charge in [0.2, 0.25) is 0 Å². The Hall–Kier alpha value is -6.93. The van der Waals surface area contributed by atoms with Gasteiger partial charge in [-0.2, -0.15) is 0 Å². The van der Waals surface area contributed by atoms with Crippen molar-refractivity contribution >= 4 is 62.1 Å². The number of fused-ring (bicyclic) bond motifs is 12. The summed E-state index contributed by atoms with van der Waals surface area (Å²) in [7, 11) is 0. The molecule has 6 heterocycles. The molecule has 1 aliphatic heterocycles. The van der Waals surface area contributed by atoms with E-state index in [1.54, 1.807) is 12.1 Å². The molecule has 8 nitrogen and oxygen atoms in total. The second-order valence-electron chi connectivity index (χ2n) is 12.9. The van der Waals surface area contributed by atoms with Crippen LogP contribution in [0.2, 0.25) is 0 Å². The fraction of sp³-hybridized carbons (Fsp3) is 0.0465. The maximum Gasteiger partial charge on any atom is 0.269 e. The number of hydrogen-bond donors (Lipinski definition) is 3. The quantitative estimate of drug-likeness (QED) is 0.128. The summed E-state index contributed by atoms with van der Waals surface area (Å²) in [6.07, 6.45) is 3.98. The lowest BCUT2D eigenvalue weighted by Gasteiger charge is -2.04. The van der Waals surface area contributed by atoms with Crippen LogP contribution in [0.5, 0.6) is 0 Å². The first-order chi connectivity index (χ1) is 24.9. The minimum Gasteiger partial charge on any atom is -0.456 e. The summed E-state index contributed by atoms with van der Waals surface area (Å²) < 4.78 is 6.82. The molecule has 9 rings (SSSR count). The molecule has 3 N–H and O–H groups in total. The van der Waals surface area contributed by atoms with E-state index >= 15 is 0 Å². The largest absolute Gasteiger partial charge is 0.456 e. The monoisotopic (exact) mass is 665 g/mol. The van der Waals surface area contributed by atoms with Gasteiger partial charge in [-0.25, -0.2) is 4.98 Å². The molecule has 51 heavy (non-hydrogen) atoms. The Kier molecular flexibility index (Phi) is 7.03. The summed E-state index contributed by atoms with van der Waals surface area (Å²) in [5.74, 6) is 0. The van der Waals surface area contributed by atoms with Crippen molar-refractivity contribution in [2.24, 2.45) is 0 Å². The molecule has 0 fully saturated rings. The Morgan fingerprint density at radius 1 is 0.490 bits per heavy atom. The lowest BCUT2D eigenvalue weighted by Crippen LogP contribution is -1.89. The van der Waals surface area contributed by atoms with Gasteiger partial charge in [0, 0.05) is 34.3 Å². The Balaban J connectivity index is 1.42. The van der Waals surface area contributed by atoms with Crippen molar-refractivity contribution in [2.45, 2.75) is 13.8 Å². The number of hydrogen-bond acceptors (Lipinski definition) is 4. The summed E-state index contributed by atoms with van der Waals surface area (Å²) in [6, 6.07) is 39.9. The van der Waals surface area contributed by atoms with Crippen molar-refractivity contribution in [3.05, 3.63) is 154 Å². The van der Waals surface area contributed by atoms with Gasteiger partial charge >= 0.3 is 0 Å². The zero-order chi connectivity index (χ0) is 34.6. The molecule has 0 atom stereocenters. The third-order valence-corrected chi connectivity index (χ3v) is 9.47. The molecule has 0 saturated heterocycles. The van der Waals surface area contributed by atoms with E-state index in [0.29, 0.717) is 0 Å². The van der Waals surface area contributed by atoms with E-state index in [4.69, 9.17) is 9.40 Å². The normalized spacial score (nSPS) is 11.8. The first kappa shape index (κ1) is 30.2. The van der Waals surface area contributed by atoms with Gasteiger partial charge in [0.05, 0.1) is 43.9 Å². The van der Waals surface area contributed by atoms with Crippen molar-refractivity contribution in [2.75, 3.05) is 0 Å². The minimum atomic E-state index is -0.386. The number of H-pyrrole nitrogens is 3. The van der Waals surface area contributed by atoms with Gasteiger partial charge in [-0.15, -0.1) is 0 Å². The fourth-order valence-corrected chi connectivity index (χ4v) is 6.84. The second kappa shape index (κ2) is 11.9. The molecule has 0 saturated carbocycles. The molecule has 5 aromatic heterocycles. The summed E-state index contributed by atoms with van der Waals surface area (Å²) >= 11 is 0. The van der Waals surface area contributed by atoms with Gasteiger partial charge in [0.15, 0.2) is 0 Å². The van der Waals surface area contributed by atoms with Crippen LogP contribution in [0.25, 0.3) is 89.8 Å². The Morgan fingerprint density at radius 2 is 0.902 bits per heavy atom. The zero-order valence-corrected chi connectivity index (χ0v) is 27.8. The molecule has 0 radical (unpaired) electrons. The van der Waals surface area contributed by atoms with E-state index in [-0.39, 0.29) is 10.6 Å². The highest BCUT2D eigenvalue weighted by Crippen LogP contribution is 2.36. The highest BCUT2D eigenvalue weighted by Gasteiger charge is 2.16. The van der Waals surface area contributed by atoms with Crippen LogP contribution in [-0.4, -0.2) is 24.9 Å². The van der Waals surface area contributed by atoms with E-state index in [1.807, 2.05) is 42.5 Å². The minimum absolute atomic E-state index is 0.0325. The molecule has 10 bridgehead atoms. The maximum atomic E-state index is 11.5. The van der Waals surface area contributed by atoms with Crippen molar-refractivity contribution in [1.82, 2.24) is 19.9 Å². The van der Waals surface area contributed by atoms with Crippen LogP contribution in [0.15, 0.2) is 126 Å². The second-order valence-corrected chi connectivity index (χ2v) is 12.9. The first-order valence-corrected chi connectivity index (χ1v) is 16.7. The third-order valence-electron chi connectivity index (χ3n) is 9.47. The summed E-state index contributed by atoms with van der Waals surface area (Å²) in [4.78, 5) is 27.1. The molecule has 0 spiro atoms. The number of aryl methyl sites for hydroxylation is 2. The van der Waals surface area contributed by atoms with Gasteiger partial charge < -0.3 is 19.4 Å². The van der Waals surface area contributed by atoms with Crippen molar-refractivity contribution in [3.8, 4) is 33.4 Å². The van der Waals surface area contributed by atoms with Gasteiger partial charge in [-0.3, -0.25) is 10.1 Å². The molecule has 8 heteroatoms. The number of aromatic nitrogens is 4. The van der Waals surface area contributed by atoms with Gasteiger partial charge in [0.1, 0.15) is 11.2 Å². The highest BCUT2D eigenvalue weighted by atomic mass is 16.6. The Morgan fingerprint density at radius 3 is 1.43 bits per heavy atom. The van der Waals surface area contributed by atoms with E-state index in [9.17, 15) is 10.1 Å². The molecule has 3 aromatic carbocycles. The number of rotatable bonds is 4. The fourth-order valence-electron chi connectivity index (χ4n) is 6.84. The first-order valence-electron chi connectivity index (χ1n) is 16.7. The van der Waals surface area contributed by atoms with Gasteiger partial charge in [-0.1, -0.05) is 59.7 Å². The van der Waals surface area contributed by atoms with E-state index < -0.39 is 0 Å². The number of nitrogens with one attached hydrogen (secondary N) is 3. The Labute approximate surface area is 291 Å². The average Bonchev–Trinajstić information content (AvgIpc) is 3.98. The zero-order valence-electron chi connectivity index (χ0n) is 27.8. The van der Waals surface area contributed by atoms with E-state index in [1.165, 1.54) is 23.3 Å². The van der Waals surface area contributed by atoms with E-state index in [2.05, 4.69) is 95.5 Å². The number of aromatic amines is 3. The van der Waals surface area contributed by atoms with Crippen LogP contribution in [0.4, 0.5) is 5.69 Å². The maximum absolute atomic E-state index is 11.5. The predicted molar refractivity (Wildman–Crippen MR) is 206 cm³/mol. The summed E-state index contributed by atoms with van der Waals surface area (Å²) in [6.45, 7) is 4.16. The number of nitrogens with zero attached hydrogens (tertiary/aromatic N) is 2. The summed E-state index contributed by atoms with van der Waals surface area (Å²) in [5.41, 5.74) is 16.2. The molecule has 1 aliphatic rings. The Bertz CT molecular complexity index is 2830. The third kappa shape index (κ3) is 5.39.